The number of carbonyl (C=O) groups is 2. The maximum absolute atomic E-state index is 14.2. The van der Waals surface area contributed by atoms with E-state index in [1.165, 1.54) is 25.1 Å². The molecule has 0 saturated carbocycles. The van der Waals surface area contributed by atoms with Crippen molar-refractivity contribution in [2.75, 3.05) is 14.1 Å². The van der Waals surface area contributed by atoms with Gasteiger partial charge in [-0.1, -0.05) is 36.4 Å². The van der Waals surface area contributed by atoms with E-state index in [0.29, 0.717) is 6.42 Å². The van der Waals surface area contributed by atoms with Gasteiger partial charge in [0.15, 0.2) is 0 Å². The highest BCUT2D eigenvalue weighted by atomic mass is 19.1. The Labute approximate surface area is 160 Å². The summed E-state index contributed by atoms with van der Waals surface area (Å²) in [5.41, 5.74) is -0.0447. The number of nitro benzene ring substituents is 1. The highest BCUT2D eigenvalue weighted by Crippen LogP contribution is 2.28. The Morgan fingerprint density at radius 1 is 1.11 bits per heavy atom. The van der Waals surface area contributed by atoms with E-state index in [-0.39, 0.29) is 17.2 Å². The molecule has 0 aromatic heterocycles. The molecule has 3 rings (SSSR count). The third kappa shape index (κ3) is 3.48. The van der Waals surface area contributed by atoms with Gasteiger partial charge in [0.2, 0.25) is 5.91 Å². The van der Waals surface area contributed by atoms with Crippen molar-refractivity contribution >= 4 is 23.6 Å². The van der Waals surface area contributed by atoms with Crippen molar-refractivity contribution in [3.8, 4) is 0 Å². The first-order chi connectivity index (χ1) is 13.3. The van der Waals surface area contributed by atoms with Crippen molar-refractivity contribution in [3.63, 3.8) is 0 Å². The summed E-state index contributed by atoms with van der Waals surface area (Å²) >= 11 is 0. The van der Waals surface area contributed by atoms with Crippen LogP contribution in [0.15, 0.2) is 54.2 Å². The lowest BCUT2D eigenvalue weighted by Crippen LogP contribution is -2.56. The number of hydrogen-bond acceptors (Lipinski definition) is 4. The Hall–Kier alpha value is -3.55. The Bertz CT molecular complexity index is 975. The van der Waals surface area contributed by atoms with Gasteiger partial charge in [0, 0.05) is 26.6 Å². The lowest BCUT2D eigenvalue weighted by atomic mass is 10.00. The van der Waals surface area contributed by atoms with Gasteiger partial charge in [-0.2, -0.15) is 0 Å². The fourth-order valence-corrected chi connectivity index (χ4v) is 3.16. The highest BCUT2D eigenvalue weighted by Gasteiger charge is 2.39. The molecular formula is C20H18FN3O4. The van der Waals surface area contributed by atoms with Crippen molar-refractivity contribution in [1.29, 1.82) is 0 Å². The minimum absolute atomic E-state index is 0.120. The molecule has 1 heterocycles. The standard InChI is InChI=1S/C20H18FN3O4/c1-22-17(11-13-7-4-3-5-8-13)19(25)23(2)18(20(22)26)12-14-15(21)9-6-10-16(14)24(27)28/h3-10,12,17H,11H2,1-2H3/b18-12+. The van der Waals surface area contributed by atoms with E-state index in [4.69, 9.17) is 0 Å². The predicted octanol–water partition coefficient (Wildman–Crippen LogP) is 2.62. The van der Waals surface area contributed by atoms with E-state index in [9.17, 15) is 24.1 Å². The molecule has 0 radical (unpaired) electrons. The normalized spacial score (nSPS) is 18.7. The Morgan fingerprint density at radius 3 is 2.43 bits per heavy atom. The number of amides is 2. The molecule has 1 fully saturated rings. The molecule has 1 aliphatic rings. The van der Waals surface area contributed by atoms with Crippen LogP contribution in [-0.4, -0.2) is 46.7 Å². The Balaban J connectivity index is 1.98. The second kappa shape index (κ2) is 7.59. The van der Waals surface area contributed by atoms with Crippen LogP contribution >= 0.6 is 0 Å². The number of carbonyl (C=O) groups excluding carboxylic acids is 2. The van der Waals surface area contributed by atoms with Crippen LogP contribution in [0.4, 0.5) is 10.1 Å². The van der Waals surface area contributed by atoms with Crippen LogP contribution < -0.4 is 0 Å². The van der Waals surface area contributed by atoms with E-state index in [1.54, 1.807) is 0 Å². The van der Waals surface area contributed by atoms with E-state index >= 15 is 0 Å². The van der Waals surface area contributed by atoms with Crippen molar-refractivity contribution in [2.45, 2.75) is 12.5 Å². The zero-order valence-corrected chi connectivity index (χ0v) is 15.3. The number of hydrogen-bond donors (Lipinski definition) is 0. The number of nitrogens with zero attached hydrogens (tertiary/aromatic N) is 3. The van der Waals surface area contributed by atoms with E-state index in [2.05, 4.69) is 0 Å². The van der Waals surface area contributed by atoms with Crippen LogP contribution in [0, 0.1) is 15.9 Å². The molecule has 1 aliphatic heterocycles. The predicted molar refractivity (Wildman–Crippen MR) is 101 cm³/mol. The number of piperazine rings is 1. The fraction of sp³-hybridized carbons (Fsp3) is 0.200. The van der Waals surface area contributed by atoms with Crippen LogP contribution in [0.2, 0.25) is 0 Å². The second-order valence-corrected chi connectivity index (χ2v) is 6.48. The molecular weight excluding hydrogens is 365 g/mol. The molecule has 7 nitrogen and oxygen atoms in total. The first kappa shape index (κ1) is 19.2. The van der Waals surface area contributed by atoms with Crippen LogP contribution in [0.5, 0.6) is 0 Å². The monoisotopic (exact) mass is 383 g/mol. The average Bonchev–Trinajstić information content (AvgIpc) is 2.68. The number of rotatable bonds is 4. The summed E-state index contributed by atoms with van der Waals surface area (Å²) in [4.78, 5) is 38.6. The van der Waals surface area contributed by atoms with Gasteiger partial charge >= 0.3 is 0 Å². The third-order valence-corrected chi connectivity index (χ3v) is 4.76. The average molecular weight is 383 g/mol. The van der Waals surface area contributed by atoms with Crippen LogP contribution in [0.3, 0.4) is 0 Å². The quantitative estimate of drug-likeness (QED) is 0.462. The molecule has 0 bridgehead atoms. The zero-order chi connectivity index (χ0) is 20.4. The van der Waals surface area contributed by atoms with Crippen molar-refractivity contribution in [3.05, 3.63) is 81.3 Å². The molecule has 8 heteroatoms. The molecule has 0 aliphatic carbocycles. The first-order valence-corrected chi connectivity index (χ1v) is 8.54. The first-order valence-electron chi connectivity index (χ1n) is 8.54. The number of nitro groups is 1. The van der Waals surface area contributed by atoms with E-state index < -0.39 is 28.4 Å². The van der Waals surface area contributed by atoms with Crippen molar-refractivity contribution < 1.29 is 18.9 Å². The zero-order valence-electron chi connectivity index (χ0n) is 15.3. The molecule has 2 aromatic rings. The summed E-state index contributed by atoms with van der Waals surface area (Å²) in [6, 6.07) is 12.0. The van der Waals surface area contributed by atoms with Crippen molar-refractivity contribution in [2.24, 2.45) is 0 Å². The second-order valence-electron chi connectivity index (χ2n) is 6.48. The van der Waals surface area contributed by atoms with Gasteiger partial charge < -0.3 is 9.80 Å². The molecule has 0 spiro atoms. The molecule has 1 unspecified atom stereocenters. The summed E-state index contributed by atoms with van der Waals surface area (Å²) in [6.07, 6.45) is 1.39. The summed E-state index contributed by atoms with van der Waals surface area (Å²) in [5.74, 6) is -1.71. The third-order valence-electron chi connectivity index (χ3n) is 4.76. The van der Waals surface area contributed by atoms with Gasteiger partial charge in [0.1, 0.15) is 17.6 Å². The summed E-state index contributed by atoms with van der Waals surface area (Å²) in [6.45, 7) is 0. The van der Waals surface area contributed by atoms with Gasteiger partial charge in [-0.3, -0.25) is 19.7 Å². The van der Waals surface area contributed by atoms with E-state index in [0.717, 1.165) is 28.7 Å². The Morgan fingerprint density at radius 2 is 1.79 bits per heavy atom. The number of benzene rings is 2. The minimum atomic E-state index is -0.843. The van der Waals surface area contributed by atoms with Gasteiger partial charge in [0.05, 0.1) is 10.5 Å². The van der Waals surface area contributed by atoms with Crippen LogP contribution in [0.25, 0.3) is 6.08 Å². The fourth-order valence-electron chi connectivity index (χ4n) is 3.16. The van der Waals surface area contributed by atoms with Gasteiger partial charge in [-0.25, -0.2) is 4.39 Å². The van der Waals surface area contributed by atoms with Gasteiger partial charge in [0.25, 0.3) is 11.6 Å². The van der Waals surface area contributed by atoms with Gasteiger partial charge in [-0.15, -0.1) is 0 Å². The molecule has 28 heavy (non-hydrogen) atoms. The van der Waals surface area contributed by atoms with E-state index in [1.807, 2.05) is 30.3 Å². The SMILES string of the molecule is CN1C(=O)C(Cc2ccccc2)N(C)C(=O)/C1=C\c1c(F)cccc1[N+](=O)[O-]. The molecule has 2 amide bonds. The smallest absolute Gasteiger partial charge is 0.279 e. The summed E-state index contributed by atoms with van der Waals surface area (Å²) < 4.78 is 14.2. The molecule has 144 valence electrons. The largest absolute Gasteiger partial charge is 0.328 e. The summed E-state index contributed by atoms with van der Waals surface area (Å²) in [5, 5.41) is 11.2. The molecule has 0 N–H and O–H groups in total. The molecule has 2 aromatic carbocycles. The maximum atomic E-state index is 14.2. The maximum Gasteiger partial charge on any atom is 0.279 e. The molecule has 1 saturated heterocycles. The van der Waals surface area contributed by atoms with Crippen LogP contribution in [0.1, 0.15) is 11.1 Å². The minimum Gasteiger partial charge on any atom is -0.328 e. The van der Waals surface area contributed by atoms with Crippen molar-refractivity contribution in [1.82, 2.24) is 9.80 Å². The highest BCUT2D eigenvalue weighted by molar-refractivity contribution is 6.07. The van der Waals surface area contributed by atoms with Crippen LogP contribution in [-0.2, 0) is 16.0 Å². The topological polar surface area (TPSA) is 83.8 Å². The Kier molecular flexibility index (Phi) is 5.21. The summed E-state index contributed by atoms with van der Waals surface area (Å²) in [7, 11) is 2.90. The van der Waals surface area contributed by atoms with Gasteiger partial charge in [-0.05, 0) is 17.7 Å². The molecule has 1 atom stereocenters. The number of likely N-dealkylation sites (N-methyl/N-ethyl adjacent to an activating group) is 2. The lowest BCUT2D eigenvalue weighted by molar-refractivity contribution is -0.385. The number of halogens is 1. The lowest BCUT2D eigenvalue weighted by Gasteiger charge is -2.38.